The van der Waals surface area contributed by atoms with Crippen LogP contribution in [0.25, 0.3) is 0 Å². The van der Waals surface area contributed by atoms with E-state index in [2.05, 4.69) is 72.8 Å². The van der Waals surface area contributed by atoms with Gasteiger partial charge < -0.3 is 5.11 Å². The molecule has 0 fully saturated rings. The Morgan fingerprint density at radius 2 is 1.04 bits per heavy atom. The molecule has 1 nitrogen and oxygen atoms in total. The van der Waals surface area contributed by atoms with E-state index >= 15 is 0 Å². The fourth-order valence-corrected chi connectivity index (χ4v) is 4.12. The van der Waals surface area contributed by atoms with Crippen molar-refractivity contribution in [2.75, 3.05) is 6.61 Å². The monoisotopic (exact) mass is 332 g/mol. The molecule has 0 bridgehead atoms. The first-order valence-electron chi connectivity index (χ1n) is 7.98. The maximum atomic E-state index is 9.17. The third-order valence-corrected chi connectivity index (χ3v) is 5.38. The molecular formula is C22H20OS. The van der Waals surface area contributed by atoms with Crippen LogP contribution in [0.3, 0.4) is 0 Å². The average Bonchev–Trinajstić information content (AvgIpc) is 2.68. The standard InChI is InChI=1S/C22H20OS/c23-17-10-18-24-22(19-11-4-1-5-12-19,20-13-6-2-7-14-20)21-15-8-3-9-16-21/h1-16,18,23H,17H2/b18-10-. The lowest BCUT2D eigenvalue weighted by atomic mass is 9.84. The Morgan fingerprint density at radius 3 is 1.38 bits per heavy atom. The summed E-state index contributed by atoms with van der Waals surface area (Å²) in [5.74, 6) is 0. The van der Waals surface area contributed by atoms with Gasteiger partial charge in [-0.2, -0.15) is 0 Å². The van der Waals surface area contributed by atoms with Gasteiger partial charge in [0.15, 0.2) is 0 Å². The average molecular weight is 332 g/mol. The van der Waals surface area contributed by atoms with E-state index in [4.69, 9.17) is 0 Å². The van der Waals surface area contributed by atoms with Crippen LogP contribution in [0.2, 0.25) is 0 Å². The van der Waals surface area contributed by atoms with Crippen molar-refractivity contribution in [2.45, 2.75) is 4.75 Å². The summed E-state index contributed by atoms with van der Waals surface area (Å²) in [6.45, 7) is 0.0431. The van der Waals surface area contributed by atoms with Crippen molar-refractivity contribution in [1.29, 1.82) is 0 Å². The van der Waals surface area contributed by atoms with Gasteiger partial charge in [0.05, 0.1) is 11.4 Å². The Bertz CT molecular complexity index is 670. The number of thioether (sulfide) groups is 1. The second-order valence-corrected chi connectivity index (χ2v) is 6.57. The van der Waals surface area contributed by atoms with Crippen molar-refractivity contribution < 1.29 is 5.11 Å². The van der Waals surface area contributed by atoms with Gasteiger partial charge in [0.2, 0.25) is 0 Å². The molecule has 0 heterocycles. The van der Waals surface area contributed by atoms with Gasteiger partial charge in [0.1, 0.15) is 0 Å². The molecule has 0 spiro atoms. The molecule has 0 aliphatic rings. The fraction of sp³-hybridized carbons (Fsp3) is 0.0909. The number of hydrogen-bond donors (Lipinski definition) is 1. The third kappa shape index (κ3) is 3.30. The van der Waals surface area contributed by atoms with Crippen LogP contribution in [-0.4, -0.2) is 11.7 Å². The zero-order valence-electron chi connectivity index (χ0n) is 13.4. The first-order valence-corrected chi connectivity index (χ1v) is 8.86. The number of aliphatic hydroxyl groups is 1. The Kier molecular flexibility index (Phi) is 5.52. The van der Waals surface area contributed by atoms with Crippen LogP contribution in [0.1, 0.15) is 16.7 Å². The quantitative estimate of drug-likeness (QED) is 0.625. The van der Waals surface area contributed by atoms with Crippen molar-refractivity contribution in [3.05, 3.63) is 119 Å². The van der Waals surface area contributed by atoms with Gasteiger partial charge in [0, 0.05) is 0 Å². The van der Waals surface area contributed by atoms with Crippen LogP contribution in [0.4, 0.5) is 0 Å². The molecule has 0 saturated carbocycles. The fourth-order valence-electron chi connectivity index (χ4n) is 2.92. The highest BCUT2D eigenvalue weighted by Gasteiger charge is 2.36. The third-order valence-electron chi connectivity index (χ3n) is 3.99. The summed E-state index contributed by atoms with van der Waals surface area (Å²) in [5.41, 5.74) is 3.65. The van der Waals surface area contributed by atoms with Crippen molar-refractivity contribution in [3.8, 4) is 0 Å². The Balaban J connectivity index is 2.26. The number of benzene rings is 3. The second kappa shape index (κ2) is 8.00. The van der Waals surface area contributed by atoms with Crippen molar-refractivity contribution in [2.24, 2.45) is 0 Å². The molecule has 0 amide bonds. The molecule has 0 radical (unpaired) electrons. The van der Waals surface area contributed by atoms with E-state index in [9.17, 15) is 5.11 Å². The smallest absolute Gasteiger partial charge is 0.0948 e. The molecule has 1 N–H and O–H groups in total. The molecule has 3 rings (SSSR count). The molecule has 0 aromatic heterocycles. The number of rotatable bonds is 6. The second-order valence-electron chi connectivity index (χ2n) is 5.45. The van der Waals surface area contributed by atoms with Crippen LogP contribution < -0.4 is 0 Å². The SMILES string of the molecule is OC/C=C\SC(c1ccccc1)(c1ccccc1)c1ccccc1. The number of aliphatic hydroxyl groups excluding tert-OH is 1. The predicted octanol–water partition coefficient (Wildman–Crippen LogP) is 5.22. The Labute approximate surface area is 147 Å². The van der Waals surface area contributed by atoms with Gasteiger partial charge in [-0.05, 0) is 22.1 Å². The zero-order chi connectivity index (χ0) is 16.7. The minimum absolute atomic E-state index is 0.0431. The molecule has 0 atom stereocenters. The van der Waals surface area contributed by atoms with Crippen molar-refractivity contribution in [3.63, 3.8) is 0 Å². The zero-order valence-corrected chi connectivity index (χ0v) is 14.2. The highest BCUT2D eigenvalue weighted by molar-refractivity contribution is 8.03. The molecule has 120 valence electrons. The summed E-state index contributed by atoms with van der Waals surface area (Å²) in [4.78, 5) is 0. The van der Waals surface area contributed by atoms with Crippen LogP contribution in [-0.2, 0) is 4.75 Å². The molecular weight excluding hydrogens is 312 g/mol. The normalized spacial score (nSPS) is 11.7. The molecule has 0 unspecified atom stereocenters. The maximum Gasteiger partial charge on any atom is 0.0948 e. The highest BCUT2D eigenvalue weighted by atomic mass is 32.2. The number of hydrogen-bond acceptors (Lipinski definition) is 2. The van der Waals surface area contributed by atoms with Gasteiger partial charge >= 0.3 is 0 Å². The van der Waals surface area contributed by atoms with Gasteiger partial charge in [0.25, 0.3) is 0 Å². The van der Waals surface area contributed by atoms with Crippen LogP contribution in [0, 0.1) is 0 Å². The molecule has 0 saturated heterocycles. The van der Waals surface area contributed by atoms with Crippen molar-refractivity contribution in [1.82, 2.24) is 0 Å². The van der Waals surface area contributed by atoms with Gasteiger partial charge in [-0.3, -0.25) is 0 Å². The van der Waals surface area contributed by atoms with Gasteiger partial charge in [-0.15, -0.1) is 11.8 Å². The summed E-state index contributed by atoms with van der Waals surface area (Å²) in [7, 11) is 0. The van der Waals surface area contributed by atoms with Crippen LogP contribution in [0.15, 0.2) is 102 Å². The minimum Gasteiger partial charge on any atom is -0.392 e. The first-order chi connectivity index (χ1) is 11.9. The molecule has 0 aliphatic carbocycles. The lowest BCUT2D eigenvalue weighted by molar-refractivity contribution is 0.343. The van der Waals surface area contributed by atoms with Gasteiger partial charge in [-0.25, -0.2) is 0 Å². The Morgan fingerprint density at radius 1 is 0.667 bits per heavy atom. The predicted molar refractivity (Wildman–Crippen MR) is 103 cm³/mol. The summed E-state index contributed by atoms with van der Waals surface area (Å²) >= 11 is 1.71. The van der Waals surface area contributed by atoms with E-state index < -0.39 is 0 Å². The molecule has 2 heteroatoms. The first kappa shape index (κ1) is 16.6. The molecule has 0 aliphatic heterocycles. The van der Waals surface area contributed by atoms with Gasteiger partial charge in [-0.1, -0.05) is 97.1 Å². The summed E-state index contributed by atoms with van der Waals surface area (Å²) in [6, 6.07) is 31.6. The van der Waals surface area contributed by atoms with E-state index in [0.29, 0.717) is 0 Å². The van der Waals surface area contributed by atoms with E-state index in [1.165, 1.54) is 16.7 Å². The van der Waals surface area contributed by atoms with Crippen LogP contribution >= 0.6 is 11.8 Å². The molecule has 3 aromatic carbocycles. The lowest BCUT2D eigenvalue weighted by Gasteiger charge is -2.34. The van der Waals surface area contributed by atoms with E-state index in [1.54, 1.807) is 17.8 Å². The molecule has 24 heavy (non-hydrogen) atoms. The Hall–Kier alpha value is -2.29. The van der Waals surface area contributed by atoms with E-state index in [1.807, 2.05) is 23.6 Å². The van der Waals surface area contributed by atoms with Crippen LogP contribution in [0.5, 0.6) is 0 Å². The van der Waals surface area contributed by atoms with E-state index in [0.717, 1.165) is 0 Å². The minimum atomic E-state index is -0.352. The largest absolute Gasteiger partial charge is 0.392 e. The topological polar surface area (TPSA) is 20.2 Å². The lowest BCUT2D eigenvalue weighted by Crippen LogP contribution is -2.24. The maximum absolute atomic E-state index is 9.17. The summed E-state index contributed by atoms with van der Waals surface area (Å²) < 4.78 is -0.352. The molecule has 3 aromatic rings. The summed E-state index contributed by atoms with van der Waals surface area (Å²) in [6.07, 6.45) is 1.79. The van der Waals surface area contributed by atoms with Crippen molar-refractivity contribution >= 4 is 11.8 Å². The van der Waals surface area contributed by atoms with E-state index in [-0.39, 0.29) is 11.4 Å². The highest BCUT2D eigenvalue weighted by Crippen LogP contribution is 2.48. The summed E-state index contributed by atoms with van der Waals surface area (Å²) in [5, 5.41) is 11.2.